The summed E-state index contributed by atoms with van der Waals surface area (Å²) in [6.07, 6.45) is 9.05. The highest BCUT2D eigenvalue weighted by molar-refractivity contribution is 5.89. The number of ether oxygens (including phenoxy) is 1. The minimum Gasteiger partial charge on any atom is -0.478 e. The Labute approximate surface area is 137 Å². The summed E-state index contributed by atoms with van der Waals surface area (Å²) in [6, 6.07) is 5.88. The molecule has 3 atom stereocenters. The minimum atomic E-state index is -0.865. The number of anilines is 1. The maximum atomic E-state index is 11.3. The second-order valence-corrected chi connectivity index (χ2v) is 7.27. The molecular weight excluding hydrogens is 290 g/mol. The van der Waals surface area contributed by atoms with Crippen molar-refractivity contribution in [3.05, 3.63) is 29.3 Å². The standard InChI is InChI=1S/C19H25NO3/c21-19(22)13-8-9-14-16(11-13)20-17(12-5-2-1-3-6-12)15-7-4-10-23-18(14)15/h8-9,11-12,15,17-18,20H,1-7,10H2,(H,21,22). The zero-order valence-electron chi connectivity index (χ0n) is 13.5. The molecule has 0 bridgehead atoms. The summed E-state index contributed by atoms with van der Waals surface area (Å²) in [6.45, 7) is 0.818. The third kappa shape index (κ3) is 2.74. The molecule has 1 saturated carbocycles. The van der Waals surface area contributed by atoms with E-state index in [1.165, 1.54) is 38.5 Å². The van der Waals surface area contributed by atoms with E-state index in [2.05, 4.69) is 5.32 Å². The van der Waals surface area contributed by atoms with Gasteiger partial charge in [0.2, 0.25) is 0 Å². The normalized spacial score (nSPS) is 30.9. The molecule has 1 saturated heterocycles. The number of nitrogens with one attached hydrogen (secondary N) is 1. The molecule has 0 amide bonds. The molecule has 124 valence electrons. The second-order valence-electron chi connectivity index (χ2n) is 7.27. The van der Waals surface area contributed by atoms with Crippen LogP contribution < -0.4 is 5.32 Å². The van der Waals surface area contributed by atoms with Crippen molar-refractivity contribution >= 4 is 11.7 Å². The van der Waals surface area contributed by atoms with Crippen LogP contribution in [0.25, 0.3) is 0 Å². The monoisotopic (exact) mass is 315 g/mol. The lowest BCUT2D eigenvalue weighted by Gasteiger charge is -2.47. The van der Waals surface area contributed by atoms with Crippen molar-refractivity contribution in [3.63, 3.8) is 0 Å². The highest BCUT2D eigenvalue weighted by atomic mass is 16.5. The molecule has 2 heterocycles. The van der Waals surface area contributed by atoms with E-state index < -0.39 is 5.97 Å². The summed E-state index contributed by atoms with van der Waals surface area (Å²) in [5.74, 6) is 0.352. The lowest BCUT2D eigenvalue weighted by atomic mass is 9.71. The first-order valence-electron chi connectivity index (χ1n) is 8.99. The van der Waals surface area contributed by atoms with Crippen LogP contribution in [0.5, 0.6) is 0 Å². The third-order valence-corrected chi connectivity index (χ3v) is 5.92. The number of hydrogen-bond donors (Lipinski definition) is 2. The largest absolute Gasteiger partial charge is 0.478 e. The fourth-order valence-corrected chi connectivity index (χ4v) is 4.80. The van der Waals surface area contributed by atoms with E-state index in [0.717, 1.165) is 24.3 Å². The molecule has 4 nitrogen and oxygen atoms in total. The molecule has 2 fully saturated rings. The molecule has 0 aromatic heterocycles. The van der Waals surface area contributed by atoms with E-state index >= 15 is 0 Å². The number of hydrogen-bond acceptors (Lipinski definition) is 3. The molecule has 3 aliphatic rings. The Balaban J connectivity index is 1.69. The SMILES string of the molecule is O=C(O)c1ccc2c(c1)NC(C1CCCCC1)C1CCCOC21. The van der Waals surface area contributed by atoms with Gasteiger partial charge in [-0.15, -0.1) is 0 Å². The van der Waals surface area contributed by atoms with Crippen LogP contribution in [-0.2, 0) is 4.74 Å². The smallest absolute Gasteiger partial charge is 0.335 e. The highest BCUT2D eigenvalue weighted by Crippen LogP contribution is 2.47. The molecule has 0 spiro atoms. The molecule has 1 aliphatic carbocycles. The summed E-state index contributed by atoms with van der Waals surface area (Å²) in [7, 11) is 0. The van der Waals surface area contributed by atoms with Crippen LogP contribution in [0.1, 0.15) is 67.0 Å². The van der Waals surface area contributed by atoms with Crippen molar-refractivity contribution in [1.29, 1.82) is 0 Å². The van der Waals surface area contributed by atoms with Crippen molar-refractivity contribution < 1.29 is 14.6 Å². The summed E-state index contributed by atoms with van der Waals surface area (Å²) in [5, 5.41) is 13.0. The maximum absolute atomic E-state index is 11.3. The first-order chi connectivity index (χ1) is 11.2. The predicted molar refractivity (Wildman–Crippen MR) is 88.8 cm³/mol. The Morgan fingerprint density at radius 2 is 1.96 bits per heavy atom. The van der Waals surface area contributed by atoms with E-state index in [1.807, 2.05) is 6.07 Å². The van der Waals surface area contributed by atoms with Crippen LogP contribution >= 0.6 is 0 Å². The summed E-state index contributed by atoms with van der Waals surface area (Å²) >= 11 is 0. The molecule has 3 unspecified atom stereocenters. The van der Waals surface area contributed by atoms with Crippen molar-refractivity contribution in [2.75, 3.05) is 11.9 Å². The Morgan fingerprint density at radius 3 is 2.74 bits per heavy atom. The first-order valence-corrected chi connectivity index (χ1v) is 8.99. The van der Waals surface area contributed by atoms with E-state index in [1.54, 1.807) is 12.1 Å². The number of aromatic carboxylic acids is 1. The number of carbonyl (C=O) groups is 1. The molecule has 2 aliphatic heterocycles. The van der Waals surface area contributed by atoms with E-state index in [-0.39, 0.29) is 6.10 Å². The van der Waals surface area contributed by atoms with Crippen LogP contribution in [-0.4, -0.2) is 23.7 Å². The van der Waals surface area contributed by atoms with Gasteiger partial charge >= 0.3 is 5.97 Å². The van der Waals surface area contributed by atoms with E-state index in [0.29, 0.717) is 23.4 Å². The van der Waals surface area contributed by atoms with Crippen molar-refractivity contribution in [2.24, 2.45) is 11.8 Å². The molecular formula is C19H25NO3. The van der Waals surface area contributed by atoms with Crippen molar-refractivity contribution in [2.45, 2.75) is 57.1 Å². The van der Waals surface area contributed by atoms with Gasteiger partial charge in [-0.05, 0) is 43.7 Å². The number of fused-ring (bicyclic) bond motifs is 3. The average molecular weight is 315 g/mol. The van der Waals surface area contributed by atoms with Crippen LogP contribution in [0.3, 0.4) is 0 Å². The van der Waals surface area contributed by atoms with Crippen LogP contribution in [0.4, 0.5) is 5.69 Å². The summed E-state index contributed by atoms with van der Waals surface area (Å²) in [5.41, 5.74) is 2.48. The molecule has 0 radical (unpaired) electrons. The number of benzene rings is 1. The van der Waals surface area contributed by atoms with Gasteiger partial charge in [0.1, 0.15) is 0 Å². The van der Waals surface area contributed by atoms with Gasteiger partial charge in [0.15, 0.2) is 0 Å². The molecule has 2 N–H and O–H groups in total. The Morgan fingerprint density at radius 1 is 1.13 bits per heavy atom. The van der Waals surface area contributed by atoms with Gasteiger partial charge < -0.3 is 15.2 Å². The minimum absolute atomic E-state index is 0.134. The lowest BCUT2D eigenvalue weighted by Crippen LogP contribution is -2.46. The first kappa shape index (κ1) is 15.0. The maximum Gasteiger partial charge on any atom is 0.335 e. The Bertz CT molecular complexity index is 594. The van der Waals surface area contributed by atoms with Gasteiger partial charge in [0, 0.05) is 29.8 Å². The number of rotatable bonds is 2. The van der Waals surface area contributed by atoms with Crippen LogP contribution in [0, 0.1) is 11.8 Å². The van der Waals surface area contributed by atoms with E-state index in [4.69, 9.17) is 4.74 Å². The fourth-order valence-electron chi connectivity index (χ4n) is 4.80. The van der Waals surface area contributed by atoms with Gasteiger partial charge in [-0.25, -0.2) is 4.79 Å². The molecule has 1 aromatic rings. The van der Waals surface area contributed by atoms with Gasteiger partial charge in [-0.3, -0.25) is 0 Å². The zero-order valence-corrected chi connectivity index (χ0v) is 13.5. The van der Waals surface area contributed by atoms with Crippen molar-refractivity contribution in [3.8, 4) is 0 Å². The lowest BCUT2D eigenvalue weighted by molar-refractivity contribution is -0.0458. The number of carboxylic acid groups (broad SMARTS) is 1. The molecule has 4 rings (SSSR count). The van der Waals surface area contributed by atoms with Gasteiger partial charge in [-0.1, -0.05) is 25.3 Å². The zero-order chi connectivity index (χ0) is 15.8. The van der Waals surface area contributed by atoms with Crippen LogP contribution in [0.2, 0.25) is 0 Å². The predicted octanol–water partition coefficient (Wildman–Crippen LogP) is 4.23. The van der Waals surface area contributed by atoms with E-state index in [9.17, 15) is 9.90 Å². The Hall–Kier alpha value is -1.55. The second kappa shape index (κ2) is 6.16. The topological polar surface area (TPSA) is 58.6 Å². The molecule has 4 heteroatoms. The molecule has 23 heavy (non-hydrogen) atoms. The average Bonchev–Trinajstić information content (AvgIpc) is 2.61. The number of carboxylic acids is 1. The summed E-state index contributed by atoms with van der Waals surface area (Å²) in [4.78, 5) is 11.3. The van der Waals surface area contributed by atoms with Crippen molar-refractivity contribution in [1.82, 2.24) is 0 Å². The quantitative estimate of drug-likeness (QED) is 0.857. The Kier molecular flexibility index (Phi) is 4.02. The van der Waals surface area contributed by atoms with Crippen LogP contribution in [0.15, 0.2) is 18.2 Å². The van der Waals surface area contributed by atoms with Gasteiger partial charge in [-0.2, -0.15) is 0 Å². The van der Waals surface area contributed by atoms with Gasteiger partial charge in [0.25, 0.3) is 0 Å². The summed E-state index contributed by atoms with van der Waals surface area (Å²) < 4.78 is 6.14. The third-order valence-electron chi connectivity index (χ3n) is 5.92. The highest BCUT2D eigenvalue weighted by Gasteiger charge is 2.42. The molecule has 1 aromatic carbocycles. The fraction of sp³-hybridized carbons (Fsp3) is 0.632. The van der Waals surface area contributed by atoms with Gasteiger partial charge in [0.05, 0.1) is 11.7 Å².